The quantitative estimate of drug-likeness (QED) is 0.667. The van der Waals surface area contributed by atoms with E-state index in [1.807, 2.05) is 23.1 Å². The Balaban J connectivity index is 1.31. The molecule has 2 aromatic carbocycles. The number of piperidine rings is 1. The van der Waals surface area contributed by atoms with Crippen LogP contribution in [0.3, 0.4) is 0 Å². The number of carbonyl (C=O) groups excluding carboxylic acids is 2. The number of sulfonamides is 1. The molecule has 1 fully saturated rings. The van der Waals surface area contributed by atoms with E-state index in [9.17, 15) is 18.0 Å². The second kappa shape index (κ2) is 9.70. The number of carbonyl (C=O) groups is 2. The van der Waals surface area contributed by atoms with Crippen LogP contribution in [0.15, 0.2) is 59.5 Å². The van der Waals surface area contributed by atoms with Crippen molar-refractivity contribution in [2.75, 3.05) is 31.1 Å². The lowest BCUT2D eigenvalue weighted by atomic mass is 9.99. The Bertz CT molecular complexity index is 1070. The van der Waals surface area contributed by atoms with E-state index in [2.05, 4.69) is 16.9 Å². The highest BCUT2D eigenvalue weighted by atomic mass is 32.2. The van der Waals surface area contributed by atoms with Gasteiger partial charge in [0.2, 0.25) is 15.9 Å². The fourth-order valence-corrected chi connectivity index (χ4v) is 5.88. The summed E-state index contributed by atoms with van der Waals surface area (Å²) in [6.07, 6.45) is 3.13. The number of fused-ring (bicyclic) bond motifs is 1. The van der Waals surface area contributed by atoms with E-state index in [-0.39, 0.29) is 29.8 Å². The summed E-state index contributed by atoms with van der Waals surface area (Å²) in [5, 5.41) is 0. The van der Waals surface area contributed by atoms with Crippen LogP contribution in [-0.4, -0.2) is 50.7 Å². The summed E-state index contributed by atoms with van der Waals surface area (Å²) in [5.41, 5.74) is 7.26. The zero-order valence-corrected chi connectivity index (χ0v) is 18.7. The highest BCUT2D eigenvalue weighted by Crippen LogP contribution is 2.26. The molecule has 0 saturated carbocycles. The third-order valence-electron chi connectivity index (χ3n) is 6.00. The number of anilines is 1. The highest BCUT2D eigenvalue weighted by Gasteiger charge is 2.33. The number of para-hydroxylation sites is 1. The van der Waals surface area contributed by atoms with Crippen molar-refractivity contribution in [2.24, 2.45) is 5.92 Å². The Labute approximate surface area is 188 Å². The zero-order valence-electron chi connectivity index (χ0n) is 17.9. The number of nitrogens with one attached hydrogen (secondary N) is 2. The van der Waals surface area contributed by atoms with Crippen molar-refractivity contribution in [1.82, 2.24) is 15.2 Å². The van der Waals surface area contributed by atoms with Gasteiger partial charge in [0.05, 0.1) is 17.4 Å². The molecule has 170 valence electrons. The van der Waals surface area contributed by atoms with Gasteiger partial charge in [-0.25, -0.2) is 8.42 Å². The summed E-state index contributed by atoms with van der Waals surface area (Å²) in [7, 11) is -3.65. The first-order chi connectivity index (χ1) is 15.4. The number of hydrogen-bond donors (Lipinski definition) is 2. The summed E-state index contributed by atoms with van der Waals surface area (Å²) in [4.78, 5) is 27.3. The smallest absolute Gasteiger partial charge is 0.257 e. The predicted octanol–water partition coefficient (Wildman–Crippen LogP) is 1.69. The molecule has 4 rings (SSSR count). The minimum atomic E-state index is -3.65. The van der Waals surface area contributed by atoms with E-state index in [0.29, 0.717) is 19.4 Å². The fraction of sp³-hybridized carbons (Fsp3) is 0.391. The van der Waals surface area contributed by atoms with E-state index in [1.165, 1.54) is 9.87 Å². The molecule has 32 heavy (non-hydrogen) atoms. The van der Waals surface area contributed by atoms with E-state index < -0.39 is 15.9 Å². The van der Waals surface area contributed by atoms with Crippen molar-refractivity contribution in [3.63, 3.8) is 0 Å². The highest BCUT2D eigenvalue weighted by molar-refractivity contribution is 7.89. The molecule has 2 aromatic rings. The van der Waals surface area contributed by atoms with Crippen LogP contribution in [0, 0.1) is 5.92 Å². The SMILES string of the molecule is O=C(CN1CCCc2ccccc21)NNC(=O)C1CCCN(S(=O)(=O)c2ccccc2)C1. The van der Waals surface area contributed by atoms with Gasteiger partial charge in [-0.2, -0.15) is 4.31 Å². The Hall–Kier alpha value is -2.91. The summed E-state index contributed by atoms with van der Waals surface area (Å²) < 4.78 is 27.1. The molecule has 2 N–H and O–H groups in total. The summed E-state index contributed by atoms with van der Waals surface area (Å²) in [5.74, 6) is -1.19. The molecule has 0 spiro atoms. The average molecular weight is 457 g/mol. The molecule has 0 aromatic heterocycles. The van der Waals surface area contributed by atoms with Gasteiger partial charge in [0.1, 0.15) is 0 Å². The number of benzene rings is 2. The molecule has 1 unspecified atom stereocenters. The standard InChI is InChI=1S/C23H28N4O4S/c28-22(17-26-14-6-9-18-8-4-5-13-21(18)26)24-25-23(29)19-10-7-15-27(16-19)32(30,31)20-11-2-1-3-12-20/h1-5,8,11-13,19H,6-7,9-10,14-17H2,(H,24,28)(H,25,29). The molecule has 1 saturated heterocycles. The van der Waals surface area contributed by atoms with Crippen LogP contribution in [0.25, 0.3) is 0 Å². The maximum atomic E-state index is 12.9. The topological polar surface area (TPSA) is 98.8 Å². The molecule has 2 heterocycles. The number of rotatable bonds is 5. The third kappa shape index (κ3) is 4.94. The minimum absolute atomic E-state index is 0.0957. The first-order valence-electron chi connectivity index (χ1n) is 10.9. The van der Waals surface area contributed by atoms with Gasteiger partial charge in [0.15, 0.2) is 0 Å². The van der Waals surface area contributed by atoms with E-state index in [1.54, 1.807) is 30.3 Å². The van der Waals surface area contributed by atoms with Gasteiger partial charge in [-0.1, -0.05) is 36.4 Å². The second-order valence-electron chi connectivity index (χ2n) is 8.21. The fourth-order valence-electron chi connectivity index (χ4n) is 4.34. The lowest BCUT2D eigenvalue weighted by molar-refractivity contribution is -0.131. The molecule has 9 heteroatoms. The van der Waals surface area contributed by atoms with Crippen LogP contribution >= 0.6 is 0 Å². The van der Waals surface area contributed by atoms with Gasteiger partial charge in [-0.3, -0.25) is 20.4 Å². The zero-order chi connectivity index (χ0) is 22.6. The summed E-state index contributed by atoms with van der Waals surface area (Å²) >= 11 is 0. The van der Waals surface area contributed by atoms with Gasteiger partial charge >= 0.3 is 0 Å². The molecule has 0 bridgehead atoms. The molecule has 2 aliphatic heterocycles. The molecule has 8 nitrogen and oxygen atoms in total. The molecule has 1 atom stereocenters. The van der Waals surface area contributed by atoms with E-state index >= 15 is 0 Å². The van der Waals surface area contributed by atoms with E-state index in [0.717, 1.165) is 25.1 Å². The van der Waals surface area contributed by atoms with Crippen LogP contribution in [0.1, 0.15) is 24.8 Å². The number of hydrogen-bond acceptors (Lipinski definition) is 5. The Morgan fingerprint density at radius 3 is 2.50 bits per heavy atom. The van der Waals surface area contributed by atoms with Crippen LogP contribution in [0.2, 0.25) is 0 Å². The Kier molecular flexibility index (Phi) is 6.76. The van der Waals surface area contributed by atoms with Gasteiger partial charge in [-0.15, -0.1) is 0 Å². The minimum Gasteiger partial charge on any atom is -0.362 e. The number of amides is 2. The summed E-state index contributed by atoms with van der Waals surface area (Å²) in [6.45, 7) is 1.41. The first-order valence-corrected chi connectivity index (χ1v) is 12.4. The maximum Gasteiger partial charge on any atom is 0.257 e. The van der Waals surface area contributed by atoms with Crippen LogP contribution < -0.4 is 15.8 Å². The molecule has 0 aliphatic carbocycles. The maximum absolute atomic E-state index is 12.9. The molecule has 2 aliphatic rings. The summed E-state index contributed by atoms with van der Waals surface area (Å²) in [6, 6.07) is 16.2. The largest absolute Gasteiger partial charge is 0.362 e. The van der Waals surface area contributed by atoms with Gasteiger partial charge in [0, 0.05) is 25.3 Å². The van der Waals surface area contributed by atoms with Crippen molar-refractivity contribution in [3.8, 4) is 0 Å². The van der Waals surface area contributed by atoms with E-state index in [4.69, 9.17) is 0 Å². The van der Waals surface area contributed by atoms with Crippen molar-refractivity contribution >= 4 is 27.5 Å². The van der Waals surface area contributed by atoms with Gasteiger partial charge in [0.25, 0.3) is 5.91 Å². The second-order valence-corrected chi connectivity index (χ2v) is 10.1. The van der Waals surface area contributed by atoms with Crippen molar-refractivity contribution < 1.29 is 18.0 Å². The lowest BCUT2D eigenvalue weighted by Gasteiger charge is -2.32. The monoisotopic (exact) mass is 456 g/mol. The molecule has 0 radical (unpaired) electrons. The first kappa shape index (κ1) is 22.3. The van der Waals surface area contributed by atoms with Crippen molar-refractivity contribution in [3.05, 3.63) is 60.2 Å². The van der Waals surface area contributed by atoms with Crippen LogP contribution in [0.5, 0.6) is 0 Å². The number of nitrogens with zero attached hydrogens (tertiary/aromatic N) is 2. The number of hydrazine groups is 1. The molecular formula is C23H28N4O4S. The van der Waals surface area contributed by atoms with Crippen molar-refractivity contribution in [1.29, 1.82) is 0 Å². The Morgan fingerprint density at radius 2 is 1.69 bits per heavy atom. The predicted molar refractivity (Wildman–Crippen MR) is 121 cm³/mol. The third-order valence-corrected chi connectivity index (χ3v) is 7.88. The van der Waals surface area contributed by atoms with Gasteiger partial charge in [-0.05, 0) is 49.4 Å². The normalized spacial score (nSPS) is 19.1. The van der Waals surface area contributed by atoms with Crippen LogP contribution in [-0.2, 0) is 26.0 Å². The lowest BCUT2D eigenvalue weighted by Crippen LogP contribution is -2.52. The molecule has 2 amide bonds. The van der Waals surface area contributed by atoms with Crippen LogP contribution in [0.4, 0.5) is 5.69 Å². The van der Waals surface area contributed by atoms with Crippen molar-refractivity contribution in [2.45, 2.75) is 30.6 Å². The van der Waals surface area contributed by atoms with Gasteiger partial charge < -0.3 is 4.90 Å². The number of aryl methyl sites for hydroxylation is 1. The molecular weight excluding hydrogens is 428 g/mol. The Morgan fingerprint density at radius 1 is 0.938 bits per heavy atom. The average Bonchev–Trinajstić information content (AvgIpc) is 2.83.